The molecule has 1 rings (SSSR count). The Hall–Kier alpha value is -0.160. The summed E-state index contributed by atoms with van der Waals surface area (Å²) >= 11 is 0. The number of rotatable bonds is 2. The first-order valence-corrected chi connectivity index (χ1v) is 3.50. The van der Waals surface area contributed by atoms with E-state index in [1.165, 1.54) is 0 Å². The molecule has 0 aliphatic carbocycles. The molecule has 0 saturated carbocycles. The van der Waals surface area contributed by atoms with Crippen LogP contribution in [0.1, 0.15) is 13.3 Å². The fraction of sp³-hybridized carbons (Fsp3) is 1.00. The van der Waals surface area contributed by atoms with Gasteiger partial charge in [-0.25, -0.2) is 9.78 Å². The molecule has 1 aliphatic rings. The van der Waals surface area contributed by atoms with Gasteiger partial charge in [-0.3, -0.25) is 0 Å². The van der Waals surface area contributed by atoms with Gasteiger partial charge in [0.15, 0.2) is 0 Å². The van der Waals surface area contributed by atoms with Crippen molar-refractivity contribution in [3.8, 4) is 0 Å². The zero-order chi connectivity index (χ0) is 7.40. The summed E-state index contributed by atoms with van der Waals surface area (Å²) in [5.41, 5.74) is 5.64. The van der Waals surface area contributed by atoms with Crippen molar-refractivity contribution in [2.24, 2.45) is 5.73 Å². The van der Waals surface area contributed by atoms with Crippen LogP contribution in [-0.4, -0.2) is 25.5 Å². The van der Waals surface area contributed by atoms with Gasteiger partial charge in [0.2, 0.25) is 6.29 Å². The SMILES string of the molecule is CCO[C@@H]1OOCC[C@@H]1N. The third-order valence-corrected chi connectivity index (χ3v) is 1.38. The number of nitrogens with two attached hydrogens (primary N) is 1. The molecule has 1 heterocycles. The molecule has 0 aromatic heterocycles. The summed E-state index contributed by atoms with van der Waals surface area (Å²) in [7, 11) is 0. The Kier molecular flexibility index (Phi) is 3.08. The van der Waals surface area contributed by atoms with Gasteiger partial charge in [-0.05, 0) is 13.3 Å². The van der Waals surface area contributed by atoms with Crippen LogP contribution < -0.4 is 5.73 Å². The highest BCUT2D eigenvalue weighted by atomic mass is 17.2. The van der Waals surface area contributed by atoms with E-state index in [0.717, 1.165) is 6.42 Å². The molecule has 0 amide bonds. The molecular weight excluding hydrogens is 134 g/mol. The molecule has 1 fully saturated rings. The molecule has 0 unspecified atom stereocenters. The van der Waals surface area contributed by atoms with Crippen LogP contribution in [-0.2, 0) is 14.5 Å². The Labute approximate surface area is 60.2 Å². The van der Waals surface area contributed by atoms with E-state index in [-0.39, 0.29) is 12.3 Å². The average Bonchev–Trinajstić information content (AvgIpc) is 1.94. The molecule has 1 aliphatic heterocycles. The highest BCUT2D eigenvalue weighted by Crippen LogP contribution is 2.09. The smallest absolute Gasteiger partial charge is 0.206 e. The lowest BCUT2D eigenvalue weighted by Gasteiger charge is -2.26. The summed E-state index contributed by atoms with van der Waals surface area (Å²) in [5, 5.41) is 0. The first-order valence-electron chi connectivity index (χ1n) is 3.50. The van der Waals surface area contributed by atoms with Crippen LogP contribution in [0.15, 0.2) is 0 Å². The largest absolute Gasteiger partial charge is 0.349 e. The normalized spacial score (nSPS) is 34.2. The predicted octanol–water partition coefficient (Wildman–Crippen LogP) is 0.0282. The van der Waals surface area contributed by atoms with E-state index in [0.29, 0.717) is 13.2 Å². The van der Waals surface area contributed by atoms with E-state index in [1.807, 2.05) is 6.92 Å². The van der Waals surface area contributed by atoms with Gasteiger partial charge in [-0.2, -0.15) is 0 Å². The summed E-state index contributed by atoms with van der Waals surface area (Å²) in [6, 6.07) is -0.0475. The van der Waals surface area contributed by atoms with E-state index in [9.17, 15) is 0 Å². The molecule has 0 aromatic rings. The van der Waals surface area contributed by atoms with Crippen LogP contribution in [0.3, 0.4) is 0 Å². The lowest BCUT2D eigenvalue weighted by molar-refractivity contribution is -0.402. The van der Waals surface area contributed by atoms with E-state index < -0.39 is 0 Å². The second-order valence-corrected chi connectivity index (χ2v) is 2.19. The molecule has 4 heteroatoms. The molecule has 0 bridgehead atoms. The van der Waals surface area contributed by atoms with Crippen LogP contribution in [0.25, 0.3) is 0 Å². The Morgan fingerprint density at radius 1 is 1.70 bits per heavy atom. The van der Waals surface area contributed by atoms with Gasteiger partial charge in [-0.15, -0.1) is 0 Å². The van der Waals surface area contributed by atoms with Crippen LogP contribution in [0.5, 0.6) is 0 Å². The van der Waals surface area contributed by atoms with Crippen molar-refractivity contribution in [2.75, 3.05) is 13.2 Å². The lowest BCUT2D eigenvalue weighted by Crippen LogP contribution is -2.43. The fourth-order valence-electron chi connectivity index (χ4n) is 0.822. The van der Waals surface area contributed by atoms with Crippen molar-refractivity contribution in [1.29, 1.82) is 0 Å². The van der Waals surface area contributed by atoms with E-state index in [1.54, 1.807) is 0 Å². The number of hydrogen-bond acceptors (Lipinski definition) is 4. The molecule has 0 radical (unpaired) electrons. The minimum atomic E-state index is -0.376. The third kappa shape index (κ3) is 1.91. The third-order valence-electron chi connectivity index (χ3n) is 1.38. The maximum atomic E-state index is 5.64. The Balaban J connectivity index is 2.25. The molecule has 2 N–H and O–H groups in total. The van der Waals surface area contributed by atoms with Crippen molar-refractivity contribution in [3.63, 3.8) is 0 Å². The molecule has 4 nitrogen and oxygen atoms in total. The van der Waals surface area contributed by atoms with Gasteiger partial charge in [0.1, 0.15) is 0 Å². The second-order valence-electron chi connectivity index (χ2n) is 2.19. The standard InChI is InChI=1S/C6H13NO3/c1-2-8-6-5(7)3-4-9-10-6/h5-6H,2-4,7H2,1H3/t5-,6+/m0/s1. The Bertz CT molecular complexity index is 97.0. The molecule has 60 valence electrons. The van der Waals surface area contributed by atoms with Gasteiger partial charge in [0.05, 0.1) is 12.6 Å². The second kappa shape index (κ2) is 3.88. The van der Waals surface area contributed by atoms with Gasteiger partial charge >= 0.3 is 0 Å². The molecular formula is C6H13NO3. The summed E-state index contributed by atoms with van der Waals surface area (Å²) in [6.07, 6.45) is 0.420. The monoisotopic (exact) mass is 147 g/mol. The number of ether oxygens (including phenoxy) is 1. The zero-order valence-corrected chi connectivity index (χ0v) is 6.08. The Morgan fingerprint density at radius 3 is 3.10 bits per heavy atom. The number of hydrogen-bond donors (Lipinski definition) is 1. The van der Waals surface area contributed by atoms with Crippen LogP contribution in [0.4, 0.5) is 0 Å². The first-order chi connectivity index (χ1) is 4.84. The van der Waals surface area contributed by atoms with Crippen molar-refractivity contribution in [1.82, 2.24) is 0 Å². The Morgan fingerprint density at radius 2 is 2.50 bits per heavy atom. The minimum absolute atomic E-state index is 0.0475. The van der Waals surface area contributed by atoms with Gasteiger partial charge in [0.25, 0.3) is 0 Å². The first kappa shape index (κ1) is 7.94. The predicted molar refractivity (Wildman–Crippen MR) is 35.0 cm³/mol. The highest BCUT2D eigenvalue weighted by molar-refractivity contribution is 4.66. The van der Waals surface area contributed by atoms with Crippen LogP contribution in [0.2, 0.25) is 0 Å². The zero-order valence-electron chi connectivity index (χ0n) is 6.08. The van der Waals surface area contributed by atoms with Crippen molar-refractivity contribution < 1.29 is 14.5 Å². The quantitative estimate of drug-likeness (QED) is 0.560. The molecule has 0 spiro atoms. The maximum Gasteiger partial charge on any atom is 0.206 e. The van der Waals surface area contributed by atoms with Crippen molar-refractivity contribution in [3.05, 3.63) is 0 Å². The van der Waals surface area contributed by atoms with E-state index in [2.05, 4.69) is 0 Å². The summed E-state index contributed by atoms with van der Waals surface area (Å²) in [4.78, 5) is 9.48. The lowest BCUT2D eigenvalue weighted by atomic mass is 10.2. The summed E-state index contributed by atoms with van der Waals surface area (Å²) < 4.78 is 5.12. The minimum Gasteiger partial charge on any atom is -0.349 e. The van der Waals surface area contributed by atoms with Gasteiger partial charge < -0.3 is 10.5 Å². The summed E-state index contributed by atoms with van der Waals surface area (Å²) in [6.45, 7) is 3.05. The van der Waals surface area contributed by atoms with Gasteiger partial charge in [-0.1, -0.05) is 0 Å². The fourth-order valence-corrected chi connectivity index (χ4v) is 0.822. The van der Waals surface area contributed by atoms with Crippen LogP contribution in [0, 0.1) is 0 Å². The van der Waals surface area contributed by atoms with Crippen molar-refractivity contribution in [2.45, 2.75) is 25.7 Å². The molecule has 2 atom stereocenters. The van der Waals surface area contributed by atoms with Crippen molar-refractivity contribution >= 4 is 0 Å². The van der Waals surface area contributed by atoms with E-state index in [4.69, 9.17) is 20.2 Å². The molecule has 0 aromatic carbocycles. The average molecular weight is 147 g/mol. The highest BCUT2D eigenvalue weighted by Gasteiger charge is 2.23. The molecule has 10 heavy (non-hydrogen) atoms. The van der Waals surface area contributed by atoms with Crippen LogP contribution >= 0.6 is 0 Å². The van der Waals surface area contributed by atoms with E-state index >= 15 is 0 Å². The maximum absolute atomic E-state index is 5.64. The molecule has 1 saturated heterocycles. The topological polar surface area (TPSA) is 53.7 Å². The summed E-state index contributed by atoms with van der Waals surface area (Å²) in [5.74, 6) is 0. The van der Waals surface area contributed by atoms with Gasteiger partial charge in [0, 0.05) is 6.61 Å².